The number of rotatable bonds is 3. The van der Waals surface area contributed by atoms with Gasteiger partial charge in [0.25, 0.3) is 0 Å². The maximum Gasteiger partial charge on any atom is 0.340 e. The van der Waals surface area contributed by atoms with Crippen LogP contribution in [0.3, 0.4) is 0 Å². The number of benzene rings is 3. The first-order valence-electron chi connectivity index (χ1n) is 8.25. The van der Waals surface area contributed by atoms with E-state index in [1.165, 1.54) is 12.7 Å². The molecule has 5 heteroatoms. The highest BCUT2D eigenvalue weighted by Gasteiger charge is 2.17. The molecule has 0 aliphatic carbocycles. The molecule has 128 valence electrons. The van der Waals surface area contributed by atoms with Crippen LogP contribution >= 0.6 is 0 Å². The van der Waals surface area contributed by atoms with Crippen LogP contribution in [0.2, 0.25) is 0 Å². The third-order valence-corrected chi connectivity index (χ3v) is 4.43. The van der Waals surface area contributed by atoms with Gasteiger partial charge in [-0.05, 0) is 34.4 Å². The molecule has 0 saturated heterocycles. The van der Waals surface area contributed by atoms with Crippen molar-refractivity contribution in [2.75, 3.05) is 7.11 Å². The molecule has 26 heavy (non-hydrogen) atoms. The lowest BCUT2D eigenvalue weighted by Gasteiger charge is -2.08. The van der Waals surface area contributed by atoms with E-state index in [0.29, 0.717) is 16.6 Å². The number of fused-ring (bicyclic) bond motifs is 1. The lowest BCUT2D eigenvalue weighted by Crippen LogP contribution is -2.05. The quantitative estimate of drug-likeness (QED) is 0.526. The van der Waals surface area contributed by atoms with Gasteiger partial charge in [-0.25, -0.2) is 9.48 Å². The Labute approximate surface area is 150 Å². The van der Waals surface area contributed by atoms with Crippen LogP contribution < -0.4 is 0 Å². The molecule has 0 amide bonds. The first-order chi connectivity index (χ1) is 12.7. The number of methoxy groups -OCH3 is 1. The number of aryl methyl sites for hydroxylation is 1. The van der Waals surface area contributed by atoms with Crippen molar-refractivity contribution in [1.29, 1.82) is 0 Å². The van der Waals surface area contributed by atoms with Crippen LogP contribution in [0.25, 0.3) is 33.3 Å². The van der Waals surface area contributed by atoms with Gasteiger partial charge < -0.3 is 4.74 Å². The fourth-order valence-corrected chi connectivity index (χ4v) is 3.11. The number of esters is 1. The minimum Gasteiger partial charge on any atom is -0.465 e. The fraction of sp³-hybridized carbons (Fsp3) is 0.0952. The predicted molar refractivity (Wildman–Crippen MR) is 101 cm³/mol. The van der Waals surface area contributed by atoms with Gasteiger partial charge in [-0.1, -0.05) is 59.8 Å². The first kappa shape index (κ1) is 16.0. The van der Waals surface area contributed by atoms with Crippen molar-refractivity contribution in [3.63, 3.8) is 0 Å². The predicted octanol–water partition coefficient (Wildman–Crippen LogP) is 4.09. The number of aromatic nitrogens is 3. The molecule has 5 nitrogen and oxygen atoms in total. The van der Waals surface area contributed by atoms with Crippen molar-refractivity contribution < 1.29 is 9.53 Å². The molecule has 0 aliphatic rings. The highest BCUT2D eigenvalue weighted by molar-refractivity contribution is 6.04. The smallest absolute Gasteiger partial charge is 0.340 e. The summed E-state index contributed by atoms with van der Waals surface area (Å²) < 4.78 is 6.52. The zero-order chi connectivity index (χ0) is 18.1. The molecular weight excluding hydrogens is 326 g/mol. The Kier molecular flexibility index (Phi) is 3.97. The fourth-order valence-electron chi connectivity index (χ4n) is 3.11. The van der Waals surface area contributed by atoms with Gasteiger partial charge in [-0.2, -0.15) is 0 Å². The molecule has 0 aliphatic heterocycles. The molecule has 0 atom stereocenters. The van der Waals surface area contributed by atoms with E-state index in [9.17, 15) is 4.79 Å². The van der Waals surface area contributed by atoms with E-state index >= 15 is 0 Å². The van der Waals surface area contributed by atoms with E-state index in [0.717, 1.165) is 16.7 Å². The molecule has 0 spiro atoms. The molecule has 0 fully saturated rings. The van der Waals surface area contributed by atoms with Crippen molar-refractivity contribution in [2.45, 2.75) is 0 Å². The minimum absolute atomic E-state index is 0.400. The SMILES string of the molecule is COC(=O)c1cc(-c2ccc(-c3ccccc3)cc2)cc2nnn(C)c12. The normalized spacial score (nSPS) is 10.8. The van der Waals surface area contributed by atoms with Gasteiger partial charge in [0.05, 0.1) is 12.7 Å². The topological polar surface area (TPSA) is 57.0 Å². The second-order valence-electron chi connectivity index (χ2n) is 6.04. The minimum atomic E-state index is -0.400. The van der Waals surface area contributed by atoms with Crippen LogP contribution in [-0.2, 0) is 11.8 Å². The highest BCUT2D eigenvalue weighted by Crippen LogP contribution is 2.29. The van der Waals surface area contributed by atoms with Gasteiger partial charge in [-0.15, -0.1) is 5.10 Å². The number of hydrogen-bond acceptors (Lipinski definition) is 4. The Morgan fingerprint density at radius 2 is 1.50 bits per heavy atom. The molecule has 0 N–H and O–H groups in total. The molecule has 0 radical (unpaired) electrons. The van der Waals surface area contributed by atoms with Crippen molar-refractivity contribution in [1.82, 2.24) is 15.0 Å². The molecule has 0 saturated carbocycles. The van der Waals surface area contributed by atoms with Crippen molar-refractivity contribution in [2.24, 2.45) is 7.05 Å². The van der Waals surface area contributed by atoms with Crippen molar-refractivity contribution >= 4 is 17.0 Å². The second-order valence-corrected chi connectivity index (χ2v) is 6.04. The van der Waals surface area contributed by atoms with Crippen molar-refractivity contribution in [3.05, 3.63) is 72.3 Å². The number of ether oxygens (including phenoxy) is 1. The summed E-state index contributed by atoms with van der Waals surface area (Å²) >= 11 is 0. The highest BCUT2D eigenvalue weighted by atomic mass is 16.5. The Morgan fingerprint density at radius 1 is 0.885 bits per heavy atom. The van der Waals surface area contributed by atoms with Crippen molar-refractivity contribution in [3.8, 4) is 22.3 Å². The van der Waals surface area contributed by atoms with E-state index in [1.54, 1.807) is 11.7 Å². The Morgan fingerprint density at radius 3 is 2.15 bits per heavy atom. The van der Waals surface area contributed by atoms with E-state index in [4.69, 9.17) is 4.74 Å². The van der Waals surface area contributed by atoms with Crippen LogP contribution in [-0.4, -0.2) is 28.1 Å². The van der Waals surface area contributed by atoms with Crippen LogP contribution in [0.1, 0.15) is 10.4 Å². The molecule has 1 aromatic heterocycles. The third-order valence-electron chi connectivity index (χ3n) is 4.43. The van der Waals surface area contributed by atoms with Gasteiger partial charge in [0.1, 0.15) is 11.0 Å². The lowest BCUT2D eigenvalue weighted by molar-refractivity contribution is 0.0602. The third kappa shape index (κ3) is 2.73. The molecule has 0 unspecified atom stereocenters. The molecule has 4 aromatic rings. The summed E-state index contributed by atoms with van der Waals surface area (Å²) in [4.78, 5) is 12.2. The van der Waals surface area contributed by atoms with E-state index in [2.05, 4.69) is 34.6 Å². The van der Waals surface area contributed by atoms with Gasteiger partial charge >= 0.3 is 5.97 Å². The second kappa shape index (κ2) is 6.44. The zero-order valence-corrected chi connectivity index (χ0v) is 14.5. The Balaban J connectivity index is 1.80. The molecule has 1 heterocycles. The van der Waals surface area contributed by atoms with Gasteiger partial charge in [0, 0.05) is 7.05 Å². The molecular formula is C21H17N3O2. The van der Waals surface area contributed by atoms with Gasteiger partial charge in [-0.3, -0.25) is 0 Å². The van der Waals surface area contributed by atoms with E-state index < -0.39 is 5.97 Å². The summed E-state index contributed by atoms with van der Waals surface area (Å²) in [5.41, 5.74) is 6.00. The Hall–Kier alpha value is -3.47. The monoisotopic (exact) mass is 343 g/mol. The number of carbonyl (C=O) groups excluding carboxylic acids is 1. The Bertz CT molecular complexity index is 1080. The molecule has 4 rings (SSSR count). The van der Waals surface area contributed by atoms with Gasteiger partial charge in [0.2, 0.25) is 0 Å². The maximum absolute atomic E-state index is 12.2. The van der Waals surface area contributed by atoms with Crippen LogP contribution in [0.4, 0.5) is 0 Å². The molecule has 0 bridgehead atoms. The first-order valence-corrected chi connectivity index (χ1v) is 8.25. The average molecular weight is 343 g/mol. The number of carbonyl (C=O) groups is 1. The number of hydrogen-bond donors (Lipinski definition) is 0. The maximum atomic E-state index is 12.2. The summed E-state index contributed by atoms with van der Waals surface area (Å²) in [5, 5.41) is 8.17. The largest absolute Gasteiger partial charge is 0.465 e. The summed E-state index contributed by atoms with van der Waals surface area (Å²) in [6.07, 6.45) is 0. The zero-order valence-electron chi connectivity index (χ0n) is 14.5. The summed E-state index contributed by atoms with van der Waals surface area (Å²) in [7, 11) is 3.13. The summed E-state index contributed by atoms with van der Waals surface area (Å²) in [5.74, 6) is -0.400. The van der Waals surface area contributed by atoms with Crippen LogP contribution in [0, 0.1) is 0 Å². The van der Waals surface area contributed by atoms with E-state index in [-0.39, 0.29) is 0 Å². The van der Waals surface area contributed by atoms with Crippen LogP contribution in [0.5, 0.6) is 0 Å². The number of nitrogens with zero attached hydrogens (tertiary/aromatic N) is 3. The van der Waals surface area contributed by atoms with Gasteiger partial charge in [0.15, 0.2) is 0 Å². The summed E-state index contributed by atoms with van der Waals surface area (Å²) in [6, 6.07) is 22.2. The van der Waals surface area contributed by atoms with Crippen LogP contribution in [0.15, 0.2) is 66.7 Å². The summed E-state index contributed by atoms with van der Waals surface area (Å²) in [6.45, 7) is 0. The molecule has 3 aromatic carbocycles. The van der Waals surface area contributed by atoms with E-state index in [1.807, 2.05) is 42.5 Å². The lowest BCUT2D eigenvalue weighted by atomic mass is 9.98. The average Bonchev–Trinajstić information content (AvgIpc) is 3.08. The standard InChI is InChI=1S/C21H17N3O2/c1-24-20-18(21(25)26-2)12-17(13-19(20)22-23-24)16-10-8-15(9-11-16)14-6-4-3-5-7-14/h3-13H,1-2H3.